The lowest BCUT2D eigenvalue weighted by Gasteiger charge is -2.15. The molecule has 6 heteroatoms. The first-order valence-corrected chi connectivity index (χ1v) is 8.93. The summed E-state index contributed by atoms with van der Waals surface area (Å²) >= 11 is 0. The highest BCUT2D eigenvalue weighted by molar-refractivity contribution is 5.93. The maximum atomic E-state index is 12.3. The summed E-state index contributed by atoms with van der Waals surface area (Å²) in [4.78, 5) is 24.2. The number of esters is 1. The second kappa shape index (κ2) is 8.58. The van der Waals surface area contributed by atoms with E-state index in [4.69, 9.17) is 14.2 Å². The molecule has 1 amide bonds. The molecule has 1 saturated carbocycles. The first-order valence-electron chi connectivity index (χ1n) is 8.93. The minimum Gasteiger partial charge on any atom is -0.493 e. The zero-order valence-electron chi connectivity index (χ0n) is 15.4. The van der Waals surface area contributed by atoms with Gasteiger partial charge in [0.25, 0.3) is 5.91 Å². The predicted molar refractivity (Wildman–Crippen MR) is 99.8 cm³/mol. The molecule has 0 saturated heterocycles. The Morgan fingerprint density at radius 2 is 1.85 bits per heavy atom. The van der Waals surface area contributed by atoms with Crippen LogP contribution in [-0.4, -0.2) is 31.1 Å². The summed E-state index contributed by atoms with van der Waals surface area (Å²) in [7, 11) is 1.51. The van der Waals surface area contributed by atoms with Crippen molar-refractivity contribution in [3.05, 3.63) is 59.7 Å². The molecule has 1 aliphatic rings. The van der Waals surface area contributed by atoms with Crippen LogP contribution in [0, 0.1) is 0 Å². The lowest BCUT2D eigenvalue weighted by Crippen LogP contribution is -2.37. The van der Waals surface area contributed by atoms with Crippen molar-refractivity contribution < 1.29 is 23.8 Å². The van der Waals surface area contributed by atoms with Crippen LogP contribution in [0.1, 0.15) is 35.7 Å². The van der Waals surface area contributed by atoms with Gasteiger partial charge in [-0.3, -0.25) is 4.79 Å². The monoisotopic (exact) mass is 369 g/mol. The zero-order chi connectivity index (χ0) is 19.2. The molecule has 3 rings (SSSR count). The van der Waals surface area contributed by atoms with Crippen LogP contribution in [0.25, 0.3) is 0 Å². The maximum absolute atomic E-state index is 12.3. The van der Waals surface area contributed by atoms with E-state index in [1.54, 1.807) is 25.1 Å². The fourth-order valence-corrected chi connectivity index (χ4v) is 2.48. The Labute approximate surface area is 158 Å². The minimum atomic E-state index is -0.849. The van der Waals surface area contributed by atoms with Crippen LogP contribution in [0.4, 0.5) is 0 Å². The smallest absolute Gasteiger partial charge is 0.339 e. The summed E-state index contributed by atoms with van der Waals surface area (Å²) in [6.45, 7) is 1.95. The summed E-state index contributed by atoms with van der Waals surface area (Å²) in [6, 6.07) is 14.8. The van der Waals surface area contributed by atoms with Gasteiger partial charge in [-0.05, 0) is 43.5 Å². The van der Waals surface area contributed by atoms with Crippen molar-refractivity contribution in [1.82, 2.24) is 5.32 Å². The number of benzene rings is 2. The van der Waals surface area contributed by atoms with Gasteiger partial charge in [0.1, 0.15) is 6.61 Å². The molecule has 0 unspecified atom stereocenters. The molecule has 0 aromatic heterocycles. The van der Waals surface area contributed by atoms with E-state index < -0.39 is 12.1 Å². The number of carbonyl (C=O) groups excluding carboxylic acids is 2. The zero-order valence-corrected chi connectivity index (χ0v) is 15.4. The molecule has 1 aliphatic carbocycles. The van der Waals surface area contributed by atoms with Gasteiger partial charge in [0.2, 0.25) is 0 Å². The molecule has 1 fully saturated rings. The van der Waals surface area contributed by atoms with Crippen molar-refractivity contribution in [2.45, 2.75) is 38.5 Å². The SMILES string of the molecule is COc1cc(C(=O)O[C@@H](C)C(=O)NC2CC2)ccc1OCc1ccccc1. The molecule has 1 N–H and O–H groups in total. The lowest BCUT2D eigenvalue weighted by atomic mass is 10.2. The molecule has 0 aliphatic heterocycles. The molecule has 0 heterocycles. The van der Waals surface area contributed by atoms with Crippen LogP contribution < -0.4 is 14.8 Å². The number of hydrogen-bond acceptors (Lipinski definition) is 5. The standard InChI is InChI=1S/C21H23NO5/c1-14(20(23)22-17-9-10-17)27-21(24)16-8-11-18(19(12-16)25-2)26-13-15-6-4-3-5-7-15/h3-8,11-12,14,17H,9-10,13H2,1-2H3,(H,22,23)/t14-/m0/s1. The molecule has 0 radical (unpaired) electrons. The van der Waals surface area contributed by atoms with Gasteiger partial charge in [-0.15, -0.1) is 0 Å². The highest BCUT2D eigenvalue weighted by Gasteiger charge is 2.27. The van der Waals surface area contributed by atoms with Crippen molar-refractivity contribution >= 4 is 11.9 Å². The van der Waals surface area contributed by atoms with E-state index in [0.29, 0.717) is 23.7 Å². The summed E-state index contributed by atoms with van der Waals surface area (Å²) in [5.74, 6) is 0.0925. The number of methoxy groups -OCH3 is 1. The largest absolute Gasteiger partial charge is 0.493 e. The Morgan fingerprint density at radius 3 is 2.52 bits per heavy atom. The van der Waals surface area contributed by atoms with E-state index in [-0.39, 0.29) is 11.9 Å². The second-order valence-corrected chi connectivity index (χ2v) is 6.47. The van der Waals surface area contributed by atoms with Crippen molar-refractivity contribution in [3.8, 4) is 11.5 Å². The van der Waals surface area contributed by atoms with E-state index in [2.05, 4.69) is 5.32 Å². The van der Waals surface area contributed by atoms with E-state index in [0.717, 1.165) is 18.4 Å². The Kier molecular flexibility index (Phi) is 5.96. The highest BCUT2D eigenvalue weighted by atomic mass is 16.5. The normalized spacial score (nSPS) is 14.1. The first-order chi connectivity index (χ1) is 13.1. The van der Waals surface area contributed by atoms with Crippen LogP contribution >= 0.6 is 0 Å². The molecule has 1 atom stereocenters. The molecule has 2 aromatic rings. The van der Waals surface area contributed by atoms with Crippen LogP contribution in [-0.2, 0) is 16.1 Å². The third-order valence-electron chi connectivity index (χ3n) is 4.21. The van der Waals surface area contributed by atoms with Gasteiger partial charge in [-0.1, -0.05) is 30.3 Å². The van der Waals surface area contributed by atoms with Crippen LogP contribution in [0.3, 0.4) is 0 Å². The van der Waals surface area contributed by atoms with Crippen molar-refractivity contribution in [2.75, 3.05) is 7.11 Å². The van der Waals surface area contributed by atoms with Gasteiger partial charge < -0.3 is 19.5 Å². The van der Waals surface area contributed by atoms with Crippen molar-refractivity contribution in [1.29, 1.82) is 0 Å². The molecule has 2 aromatic carbocycles. The average molecular weight is 369 g/mol. The fourth-order valence-electron chi connectivity index (χ4n) is 2.48. The Bertz CT molecular complexity index is 801. The summed E-state index contributed by atoms with van der Waals surface area (Å²) < 4.78 is 16.4. The Morgan fingerprint density at radius 1 is 1.11 bits per heavy atom. The molecule has 0 bridgehead atoms. The quantitative estimate of drug-likeness (QED) is 0.724. The summed E-state index contributed by atoms with van der Waals surface area (Å²) in [5.41, 5.74) is 1.32. The Hall–Kier alpha value is -3.02. The third-order valence-corrected chi connectivity index (χ3v) is 4.21. The molecular weight excluding hydrogens is 346 g/mol. The van der Waals surface area contributed by atoms with E-state index in [9.17, 15) is 9.59 Å². The number of carbonyl (C=O) groups is 2. The minimum absolute atomic E-state index is 0.222. The summed E-state index contributed by atoms with van der Waals surface area (Å²) in [6.07, 6.45) is 1.11. The van der Waals surface area contributed by atoms with Gasteiger partial charge in [0.05, 0.1) is 12.7 Å². The van der Waals surface area contributed by atoms with Gasteiger partial charge in [0.15, 0.2) is 17.6 Å². The number of rotatable bonds is 8. The number of ether oxygens (including phenoxy) is 3. The van der Waals surface area contributed by atoms with Crippen molar-refractivity contribution in [2.24, 2.45) is 0 Å². The molecule has 142 valence electrons. The maximum Gasteiger partial charge on any atom is 0.339 e. The predicted octanol–water partition coefficient (Wildman–Crippen LogP) is 3.10. The van der Waals surface area contributed by atoms with E-state index in [1.807, 2.05) is 30.3 Å². The first kappa shape index (κ1) is 18.8. The average Bonchev–Trinajstić information content (AvgIpc) is 3.50. The molecule has 27 heavy (non-hydrogen) atoms. The van der Waals surface area contributed by atoms with E-state index >= 15 is 0 Å². The van der Waals surface area contributed by atoms with Crippen LogP contribution in [0.15, 0.2) is 48.5 Å². The second-order valence-electron chi connectivity index (χ2n) is 6.47. The highest BCUT2D eigenvalue weighted by Crippen LogP contribution is 2.29. The van der Waals surface area contributed by atoms with Crippen molar-refractivity contribution in [3.63, 3.8) is 0 Å². The van der Waals surface area contributed by atoms with Crippen LogP contribution in [0.5, 0.6) is 11.5 Å². The van der Waals surface area contributed by atoms with E-state index in [1.165, 1.54) is 7.11 Å². The number of hydrogen-bond donors (Lipinski definition) is 1. The molecule has 6 nitrogen and oxygen atoms in total. The molecular formula is C21H23NO5. The topological polar surface area (TPSA) is 73.9 Å². The lowest BCUT2D eigenvalue weighted by molar-refractivity contribution is -0.129. The Balaban J connectivity index is 1.61. The fraction of sp³-hybridized carbons (Fsp3) is 0.333. The van der Waals surface area contributed by atoms with Gasteiger partial charge in [-0.2, -0.15) is 0 Å². The molecule has 0 spiro atoms. The van der Waals surface area contributed by atoms with Gasteiger partial charge >= 0.3 is 5.97 Å². The number of nitrogens with one attached hydrogen (secondary N) is 1. The van der Waals surface area contributed by atoms with Crippen LogP contribution in [0.2, 0.25) is 0 Å². The van der Waals surface area contributed by atoms with Gasteiger partial charge in [-0.25, -0.2) is 4.79 Å². The van der Waals surface area contributed by atoms with Gasteiger partial charge in [0, 0.05) is 6.04 Å². The third kappa shape index (κ3) is 5.23. The summed E-state index contributed by atoms with van der Waals surface area (Å²) in [5, 5.41) is 2.81. The number of amides is 1.